The van der Waals surface area contributed by atoms with E-state index in [-0.39, 0.29) is 5.60 Å². The maximum Gasteiger partial charge on any atom is 0.0651 e. The second kappa shape index (κ2) is 2.76. The Morgan fingerprint density at radius 2 is 2.27 bits per heavy atom. The first kappa shape index (κ1) is 7.56. The molecule has 0 aromatic rings. The van der Waals surface area contributed by atoms with Crippen LogP contribution in [-0.2, 0) is 0 Å². The van der Waals surface area contributed by atoms with Crippen molar-refractivity contribution in [3.05, 3.63) is 0 Å². The number of rotatable bonds is 2. The molecule has 1 unspecified atom stereocenters. The molecule has 2 aliphatic rings. The first-order valence-electron chi connectivity index (χ1n) is 4.72. The van der Waals surface area contributed by atoms with Crippen LogP contribution < -0.4 is 5.32 Å². The van der Waals surface area contributed by atoms with Gasteiger partial charge in [-0.15, -0.1) is 0 Å². The highest BCUT2D eigenvalue weighted by Gasteiger charge is 2.36. The van der Waals surface area contributed by atoms with E-state index in [1.807, 2.05) is 0 Å². The van der Waals surface area contributed by atoms with Crippen molar-refractivity contribution in [1.82, 2.24) is 5.32 Å². The van der Waals surface area contributed by atoms with Gasteiger partial charge in [-0.3, -0.25) is 0 Å². The van der Waals surface area contributed by atoms with E-state index < -0.39 is 0 Å². The summed E-state index contributed by atoms with van der Waals surface area (Å²) in [5, 5.41) is 13.2. The van der Waals surface area contributed by atoms with Crippen LogP contribution in [0.2, 0.25) is 0 Å². The van der Waals surface area contributed by atoms with E-state index in [2.05, 4.69) is 5.32 Å². The lowest BCUT2D eigenvalue weighted by Crippen LogP contribution is -2.39. The van der Waals surface area contributed by atoms with Crippen LogP contribution in [0.1, 0.15) is 32.1 Å². The number of aliphatic hydroxyl groups is 1. The van der Waals surface area contributed by atoms with Gasteiger partial charge in [0.05, 0.1) is 5.60 Å². The number of hydrogen-bond acceptors (Lipinski definition) is 2. The molecule has 11 heavy (non-hydrogen) atoms. The lowest BCUT2D eigenvalue weighted by atomic mass is 9.74. The Bertz CT molecular complexity index is 136. The highest BCUT2D eigenvalue weighted by atomic mass is 16.3. The molecule has 0 aromatic heterocycles. The Kier molecular flexibility index (Phi) is 1.90. The van der Waals surface area contributed by atoms with E-state index in [1.54, 1.807) is 0 Å². The molecule has 2 N–H and O–H groups in total. The molecule has 0 amide bonds. The lowest BCUT2D eigenvalue weighted by molar-refractivity contribution is -0.0508. The predicted octanol–water partition coefficient (Wildman–Crippen LogP) is 0.901. The summed E-state index contributed by atoms with van der Waals surface area (Å²) in [7, 11) is 0. The van der Waals surface area contributed by atoms with Crippen molar-refractivity contribution in [3.8, 4) is 0 Å². The molecule has 1 saturated heterocycles. The van der Waals surface area contributed by atoms with Gasteiger partial charge in [0, 0.05) is 0 Å². The minimum absolute atomic E-state index is 0.253. The van der Waals surface area contributed by atoms with Crippen LogP contribution in [0.25, 0.3) is 0 Å². The average Bonchev–Trinajstić information content (AvgIpc) is 2.36. The number of hydrogen-bond donors (Lipinski definition) is 2. The molecule has 1 atom stereocenters. The minimum atomic E-state index is -0.253. The fourth-order valence-corrected chi connectivity index (χ4v) is 2.22. The zero-order valence-electron chi connectivity index (χ0n) is 6.97. The molecule has 2 nitrogen and oxygen atoms in total. The maximum atomic E-state index is 9.84. The molecule has 1 saturated carbocycles. The second-order valence-corrected chi connectivity index (χ2v) is 4.14. The smallest absolute Gasteiger partial charge is 0.0651 e. The molecule has 2 fully saturated rings. The van der Waals surface area contributed by atoms with Crippen molar-refractivity contribution in [3.63, 3.8) is 0 Å². The zero-order valence-corrected chi connectivity index (χ0v) is 6.97. The largest absolute Gasteiger partial charge is 0.390 e. The van der Waals surface area contributed by atoms with Crippen LogP contribution >= 0.6 is 0 Å². The summed E-state index contributed by atoms with van der Waals surface area (Å²) in [6.07, 6.45) is 5.63. The monoisotopic (exact) mass is 155 g/mol. The second-order valence-electron chi connectivity index (χ2n) is 4.14. The van der Waals surface area contributed by atoms with Gasteiger partial charge < -0.3 is 10.4 Å². The first-order chi connectivity index (χ1) is 5.29. The van der Waals surface area contributed by atoms with Gasteiger partial charge >= 0.3 is 0 Å². The van der Waals surface area contributed by atoms with Crippen molar-refractivity contribution < 1.29 is 5.11 Å². The Morgan fingerprint density at radius 1 is 1.45 bits per heavy atom. The van der Waals surface area contributed by atoms with Crippen LogP contribution in [0.4, 0.5) is 0 Å². The summed E-state index contributed by atoms with van der Waals surface area (Å²) in [6.45, 7) is 2.28. The van der Waals surface area contributed by atoms with Crippen molar-refractivity contribution in [2.45, 2.75) is 37.7 Å². The van der Waals surface area contributed by atoms with Crippen LogP contribution in [-0.4, -0.2) is 23.8 Å². The molecular weight excluding hydrogens is 138 g/mol. The SMILES string of the molecule is OC1(CC2CCNC2)CCC1. The summed E-state index contributed by atoms with van der Waals surface area (Å²) in [5.41, 5.74) is -0.253. The molecular formula is C9H17NO. The fourth-order valence-electron chi connectivity index (χ4n) is 2.22. The molecule has 0 spiro atoms. The van der Waals surface area contributed by atoms with E-state index in [9.17, 15) is 5.11 Å². The summed E-state index contributed by atoms with van der Waals surface area (Å²) in [5.74, 6) is 0.750. The topological polar surface area (TPSA) is 32.3 Å². The van der Waals surface area contributed by atoms with E-state index in [0.717, 1.165) is 38.3 Å². The van der Waals surface area contributed by atoms with Gasteiger partial charge in [-0.1, -0.05) is 0 Å². The van der Waals surface area contributed by atoms with E-state index >= 15 is 0 Å². The molecule has 1 aliphatic carbocycles. The molecule has 64 valence electrons. The van der Waals surface area contributed by atoms with Gasteiger partial charge in [0.2, 0.25) is 0 Å². The molecule has 0 bridgehead atoms. The Hall–Kier alpha value is -0.0800. The normalized spacial score (nSPS) is 35.2. The summed E-state index contributed by atoms with van der Waals surface area (Å²) < 4.78 is 0. The highest BCUT2D eigenvalue weighted by Crippen LogP contribution is 2.38. The third-order valence-corrected chi connectivity index (χ3v) is 3.12. The zero-order chi connectivity index (χ0) is 7.73. The van der Waals surface area contributed by atoms with Crippen molar-refractivity contribution in [2.75, 3.05) is 13.1 Å². The third kappa shape index (κ3) is 1.57. The van der Waals surface area contributed by atoms with Gasteiger partial charge in [0.1, 0.15) is 0 Å². The molecule has 2 heteroatoms. The molecule has 0 aromatic carbocycles. The third-order valence-electron chi connectivity index (χ3n) is 3.12. The Labute approximate surface area is 68.0 Å². The fraction of sp³-hybridized carbons (Fsp3) is 1.00. The summed E-state index contributed by atoms with van der Waals surface area (Å²) in [6, 6.07) is 0. The minimum Gasteiger partial charge on any atom is -0.390 e. The van der Waals surface area contributed by atoms with E-state index in [1.165, 1.54) is 12.8 Å². The van der Waals surface area contributed by atoms with Crippen LogP contribution in [0.15, 0.2) is 0 Å². The molecule has 0 radical (unpaired) electrons. The van der Waals surface area contributed by atoms with Crippen LogP contribution in [0, 0.1) is 5.92 Å². The predicted molar refractivity (Wildman–Crippen MR) is 44.4 cm³/mol. The van der Waals surface area contributed by atoms with Crippen molar-refractivity contribution in [2.24, 2.45) is 5.92 Å². The summed E-state index contributed by atoms with van der Waals surface area (Å²) in [4.78, 5) is 0. The van der Waals surface area contributed by atoms with E-state index in [0.29, 0.717) is 0 Å². The Morgan fingerprint density at radius 3 is 2.73 bits per heavy atom. The van der Waals surface area contributed by atoms with Gasteiger partial charge in [0.15, 0.2) is 0 Å². The van der Waals surface area contributed by atoms with Gasteiger partial charge in [-0.2, -0.15) is 0 Å². The Balaban J connectivity index is 1.79. The number of nitrogens with one attached hydrogen (secondary N) is 1. The van der Waals surface area contributed by atoms with Gasteiger partial charge in [-0.05, 0) is 51.1 Å². The standard InChI is InChI=1S/C9H17NO/c11-9(3-1-4-9)6-8-2-5-10-7-8/h8,10-11H,1-7H2. The van der Waals surface area contributed by atoms with Crippen LogP contribution in [0.5, 0.6) is 0 Å². The molecule has 1 aliphatic heterocycles. The highest BCUT2D eigenvalue weighted by molar-refractivity contribution is 4.91. The quantitative estimate of drug-likeness (QED) is 0.621. The van der Waals surface area contributed by atoms with Gasteiger partial charge in [-0.25, -0.2) is 0 Å². The summed E-state index contributed by atoms with van der Waals surface area (Å²) >= 11 is 0. The van der Waals surface area contributed by atoms with Gasteiger partial charge in [0.25, 0.3) is 0 Å². The average molecular weight is 155 g/mol. The van der Waals surface area contributed by atoms with Crippen LogP contribution in [0.3, 0.4) is 0 Å². The van der Waals surface area contributed by atoms with Crippen molar-refractivity contribution in [1.29, 1.82) is 0 Å². The lowest BCUT2D eigenvalue weighted by Gasteiger charge is -2.38. The molecule has 2 rings (SSSR count). The molecule has 1 heterocycles. The maximum absolute atomic E-state index is 9.84. The van der Waals surface area contributed by atoms with Crippen molar-refractivity contribution >= 4 is 0 Å². The van der Waals surface area contributed by atoms with E-state index in [4.69, 9.17) is 0 Å². The first-order valence-corrected chi connectivity index (χ1v) is 4.72.